The molecule has 0 bridgehead atoms. The van der Waals surface area contributed by atoms with Gasteiger partial charge in [-0.25, -0.2) is 19.9 Å². The van der Waals surface area contributed by atoms with Gasteiger partial charge in [0.05, 0.1) is 29.3 Å². The van der Waals surface area contributed by atoms with Gasteiger partial charge in [0.1, 0.15) is 28.5 Å². The molecule has 2 heterocycles. The number of aryl methyl sites for hydroxylation is 1. The fourth-order valence-electron chi connectivity index (χ4n) is 3.56. The van der Waals surface area contributed by atoms with Gasteiger partial charge in [-0.1, -0.05) is 42.0 Å². The molecule has 0 fully saturated rings. The van der Waals surface area contributed by atoms with Crippen molar-refractivity contribution in [2.45, 2.75) is 13.1 Å². The number of halogens is 3. The highest BCUT2D eigenvalue weighted by atomic mass is 19.4. The summed E-state index contributed by atoms with van der Waals surface area (Å²) in [6.07, 6.45) is 0.359. The Bertz CT molecular complexity index is 1450. The lowest BCUT2D eigenvalue weighted by atomic mass is 10.1. The van der Waals surface area contributed by atoms with Crippen LogP contribution in [-0.2, 0) is 6.18 Å². The molecule has 0 N–H and O–H groups in total. The highest BCUT2D eigenvalue weighted by Crippen LogP contribution is 2.36. The lowest BCUT2D eigenvalue weighted by Crippen LogP contribution is -2.04. The molecule has 160 valence electrons. The van der Waals surface area contributed by atoms with Crippen molar-refractivity contribution in [3.8, 4) is 40.1 Å². The second kappa shape index (κ2) is 7.60. The van der Waals surface area contributed by atoms with Crippen molar-refractivity contribution < 1.29 is 13.2 Å². The molecule has 0 saturated heterocycles. The molecular weight excluding hydrogens is 429 g/mol. The van der Waals surface area contributed by atoms with Crippen LogP contribution in [-0.4, -0.2) is 25.6 Å². The van der Waals surface area contributed by atoms with Gasteiger partial charge in [-0.3, -0.25) is 0 Å². The topological polar surface area (TPSA) is 87.7 Å². The summed E-state index contributed by atoms with van der Waals surface area (Å²) in [7, 11) is 0. The number of aliphatic imine (C=N–C) groups is 1. The number of hydrogen-bond acceptors (Lipinski definition) is 6. The molecule has 0 radical (unpaired) electrons. The van der Waals surface area contributed by atoms with E-state index in [0.717, 1.165) is 23.3 Å². The van der Waals surface area contributed by atoms with Gasteiger partial charge in [0.15, 0.2) is 0 Å². The molecule has 2 aromatic heterocycles. The van der Waals surface area contributed by atoms with Crippen LogP contribution in [0.5, 0.6) is 0 Å². The Hall–Kier alpha value is -4.45. The second-order valence-corrected chi connectivity index (χ2v) is 7.41. The van der Waals surface area contributed by atoms with E-state index in [1.165, 1.54) is 18.3 Å². The van der Waals surface area contributed by atoms with Crippen LogP contribution in [0, 0.1) is 18.4 Å². The molecule has 4 aromatic rings. The molecule has 6 nitrogen and oxygen atoms in total. The Labute approximate surface area is 186 Å². The van der Waals surface area contributed by atoms with Gasteiger partial charge in [0.25, 0.3) is 0 Å². The fraction of sp³-hybridized carbons (Fsp3) is 0.0833. The minimum atomic E-state index is -4.42. The van der Waals surface area contributed by atoms with Crippen molar-refractivity contribution in [3.05, 3.63) is 83.4 Å². The van der Waals surface area contributed by atoms with E-state index < -0.39 is 11.7 Å². The normalized spacial score (nSPS) is 13.5. The summed E-state index contributed by atoms with van der Waals surface area (Å²) >= 11 is 0. The third kappa shape index (κ3) is 3.61. The van der Waals surface area contributed by atoms with Crippen molar-refractivity contribution in [3.63, 3.8) is 0 Å². The van der Waals surface area contributed by atoms with Crippen molar-refractivity contribution in [2.75, 3.05) is 0 Å². The van der Waals surface area contributed by atoms with Crippen LogP contribution in [0.15, 0.2) is 65.9 Å². The summed E-state index contributed by atoms with van der Waals surface area (Å²) in [5.41, 5.74) is 4.44. The molecule has 0 saturated carbocycles. The van der Waals surface area contributed by atoms with Gasteiger partial charge < -0.3 is 0 Å². The SMILES string of the molecule is Cc1ccc(-c2cnc3c(n2)-c2nc(-c4ccc(C(F)(F)F)cc4)cnc2C3=NC#N)cc1. The maximum atomic E-state index is 12.9. The van der Waals surface area contributed by atoms with E-state index in [9.17, 15) is 13.2 Å². The first-order chi connectivity index (χ1) is 15.8. The highest BCUT2D eigenvalue weighted by Gasteiger charge is 2.33. The van der Waals surface area contributed by atoms with E-state index in [2.05, 4.69) is 19.9 Å². The van der Waals surface area contributed by atoms with Gasteiger partial charge in [-0.05, 0) is 19.1 Å². The number of nitrogens with zero attached hydrogens (tertiary/aromatic N) is 6. The van der Waals surface area contributed by atoms with Crippen LogP contribution >= 0.6 is 0 Å². The number of rotatable bonds is 2. The minimum Gasteiger partial charge on any atom is -0.250 e. The Morgan fingerprint density at radius 1 is 0.758 bits per heavy atom. The van der Waals surface area contributed by atoms with Gasteiger partial charge in [0, 0.05) is 11.1 Å². The second-order valence-electron chi connectivity index (χ2n) is 7.41. The van der Waals surface area contributed by atoms with Crippen LogP contribution in [0.1, 0.15) is 22.5 Å². The lowest BCUT2D eigenvalue weighted by Gasteiger charge is -2.08. The zero-order chi connectivity index (χ0) is 23.2. The third-order valence-electron chi connectivity index (χ3n) is 5.24. The largest absolute Gasteiger partial charge is 0.416 e. The van der Waals surface area contributed by atoms with Crippen molar-refractivity contribution in [2.24, 2.45) is 4.99 Å². The predicted octanol–water partition coefficient (Wildman–Crippen LogP) is 5.23. The summed E-state index contributed by atoms with van der Waals surface area (Å²) in [5.74, 6) is 0. The van der Waals surface area contributed by atoms with Gasteiger partial charge in [-0.2, -0.15) is 23.4 Å². The predicted molar refractivity (Wildman–Crippen MR) is 115 cm³/mol. The molecule has 0 spiro atoms. The summed E-state index contributed by atoms with van der Waals surface area (Å²) < 4.78 is 38.7. The van der Waals surface area contributed by atoms with E-state index in [4.69, 9.17) is 10.2 Å². The smallest absolute Gasteiger partial charge is 0.250 e. The molecule has 9 heteroatoms. The van der Waals surface area contributed by atoms with E-state index in [0.29, 0.717) is 39.7 Å². The van der Waals surface area contributed by atoms with E-state index in [1.54, 1.807) is 12.4 Å². The first kappa shape index (κ1) is 20.5. The quantitative estimate of drug-likeness (QED) is 0.350. The molecule has 0 amide bonds. The van der Waals surface area contributed by atoms with Crippen LogP contribution in [0.25, 0.3) is 33.9 Å². The van der Waals surface area contributed by atoms with Crippen LogP contribution in [0.2, 0.25) is 0 Å². The molecule has 0 aliphatic heterocycles. The van der Waals surface area contributed by atoms with Crippen LogP contribution < -0.4 is 0 Å². The number of aromatic nitrogens is 4. The number of nitriles is 1. The van der Waals surface area contributed by atoms with Crippen molar-refractivity contribution in [1.82, 2.24) is 19.9 Å². The average Bonchev–Trinajstić information content (AvgIpc) is 3.12. The van der Waals surface area contributed by atoms with Crippen molar-refractivity contribution in [1.29, 1.82) is 5.26 Å². The number of alkyl halides is 3. The monoisotopic (exact) mass is 442 g/mol. The first-order valence-corrected chi connectivity index (χ1v) is 9.82. The maximum Gasteiger partial charge on any atom is 0.416 e. The number of benzene rings is 2. The summed E-state index contributed by atoms with van der Waals surface area (Å²) in [5, 5.41) is 9.13. The Morgan fingerprint density at radius 2 is 1.24 bits per heavy atom. The van der Waals surface area contributed by atoms with Gasteiger partial charge >= 0.3 is 6.18 Å². The molecule has 1 aliphatic rings. The third-order valence-corrected chi connectivity index (χ3v) is 5.24. The lowest BCUT2D eigenvalue weighted by molar-refractivity contribution is -0.137. The molecule has 2 aromatic carbocycles. The molecule has 33 heavy (non-hydrogen) atoms. The van der Waals surface area contributed by atoms with Crippen molar-refractivity contribution >= 4 is 5.71 Å². The molecule has 1 aliphatic carbocycles. The molecule has 0 unspecified atom stereocenters. The van der Waals surface area contributed by atoms with E-state index >= 15 is 0 Å². The summed E-state index contributed by atoms with van der Waals surface area (Å²) in [6, 6.07) is 12.5. The van der Waals surface area contributed by atoms with E-state index in [-0.39, 0.29) is 5.71 Å². The fourth-order valence-corrected chi connectivity index (χ4v) is 3.56. The van der Waals surface area contributed by atoms with Crippen LogP contribution in [0.4, 0.5) is 13.2 Å². The first-order valence-electron chi connectivity index (χ1n) is 9.82. The Kier molecular flexibility index (Phi) is 4.71. The van der Waals surface area contributed by atoms with Gasteiger partial charge in [0.2, 0.25) is 6.19 Å². The zero-order valence-corrected chi connectivity index (χ0v) is 17.1. The maximum absolute atomic E-state index is 12.9. The Morgan fingerprint density at radius 3 is 1.70 bits per heavy atom. The highest BCUT2D eigenvalue weighted by molar-refractivity contribution is 6.21. The molecule has 5 rings (SSSR count). The van der Waals surface area contributed by atoms with Gasteiger partial charge in [-0.15, -0.1) is 0 Å². The van der Waals surface area contributed by atoms with E-state index in [1.807, 2.05) is 31.2 Å². The molecular formula is C24H13F3N6. The van der Waals surface area contributed by atoms with Crippen LogP contribution in [0.3, 0.4) is 0 Å². The zero-order valence-electron chi connectivity index (χ0n) is 17.1. The summed E-state index contributed by atoms with van der Waals surface area (Å²) in [4.78, 5) is 22.0. The standard InChI is InChI=1S/C24H13F3N6/c1-13-2-4-14(5-3-13)17-10-29-20-19(31-12-28)21-23(22(20)32-17)33-18(11-30-21)15-6-8-16(9-7-15)24(25,26)27/h2-11H,1H3. The number of fused-ring (bicyclic) bond motifs is 3. The minimum absolute atomic E-state index is 0.261. The average molecular weight is 442 g/mol. The summed E-state index contributed by atoms with van der Waals surface area (Å²) in [6.45, 7) is 1.98. The Balaban J connectivity index is 1.63. The number of hydrogen-bond donors (Lipinski definition) is 0. The molecule has 0 atom stereocenters.